The molecule has 1 saturated carbocycles. The molecule has 3 aliphatic rings. The molecule has 7 heteroatoms. The van der Waals surface area contributed by atoms with Gasteiger partial charge in [0, 0.05) is 25.1 Å². The van der Waals surface area contributed by atoms with Crippen molar-refractivity contribution in [3.8, 4) is 5.88 Å². The fraction of sp³-hybridized carbons (Fsp3) is 0.667. The monoisotopic (exact) mass is 387 g/mol. The van der Waals surface area contributed by atoms with E-state index in [1.54, 1.807) is 13.2 Å². The number of rotatable bonds is 5. The number of anilines is 1. The maximum atomic E-state index is 12.8. The fourth-order valence-corrected chi connectivity index (χ4v) is 5.11. The van der Waals surface area contributed by atoms with Gasteiger partial charge in [0.1, 0.15) is 0 Å². The van der Waals surface area contributed by atoms with Crippen molar-refractivity contribution in [3.63, 3.8) is 0 Å². The van der Waals surface area contributed by atoms with E-state index in [9.17, 15) is 9.59 Å². The van der Waals surface area contributed by atoms with E-state index in [-0.39, 0.29) is 11.9 Å². The van der Waals surface area contributed by atoms with E-state index in [1.165, 1.54) is 0 Å². The molecule has 1 saturated heterocycles. The van der Waals surface area contributed by atoms with Crippen LogP contribution in [0.3, 0.4) is 0 Å². The summed E-state index contributed by atoms with van der Waals surface area (Å²) in [5, 5.41) is 3.01. The van der Waals surface area contributed by atoms with Crippen LogP contribution in [-0.4, -0.2) is 54.6 Å². The number of methoxy groups -OCH3 is 1. The molecule has 2 fully saturated rings. The average molecular weight is 387 g/mol. The number of aromatic nitrogens is 1. The molecule has 7 nitrogen and oxygen atoms in total. The van der Waals surface area contributed by atoms with Crippen LogP contribution in [0.15, 0.2) is 12.1 Å². The summed E-state index contributed by atoms with van der Waals surface area (Å²) in [6.45, 7) is 4.27. The van der Waals surface area contributed by atoms with Crippen molar-refractivity contribution in [2.75, 3.05) is 32.1 Å². The minimum Gasteiger partial charge on any atom is -0.481 e. The highest BCUT2D eigenvalue weighted by Crippen LogP contribution is 2.48. The van der Waals surface area contributed by atoms with Crippen LogP contribution in [-0.2, 0) is 19.7 Å². The first-order valence-corrected chi connectivity index (χ1v) is 10.3. The van der Waals surface area contributed by atoms with Crippen molar-refractivity contribution in [1.29, 1.82) is 0 Å². The van der Waals surface area contributed by atoms with Gasteiger partial charge < -0.3 is 19.7 Å². The first kappa shape index (κ1) is 19.2. The molecule has 2 aliphatic heterocycles. The van der Waals surface area contributed by atoms with E-state index in [1.807, 2.05) is 13.0 Å². The van der Waals surface area contributed by atoms with Crippen LogP contribution in [0.4, 0.5) is 5.69 Å². The van der Waals surface area contributed by atoms with Gasteiger partial charge in [0.2, 0.25) is 11.8 Å². The summed E-state index contributed by atoms with van der Waals surface area (Å²) in [6, 6.07) is 4.15. The summed E-state index contributed by atoms with van der Waals surface area (Å²) in [5.41, 5.74) is 1.14. The van der Waals surface area contributed by atoms with Gasteiger partial charge in [-0.15, -0.1) is 0 Å². The molecule has 1 spiro atoms. The third kappa shape index (κ3) is 3.36. The van der Waals surface area contributed by atoms with E-state index < -0.39 is 5.41 Å². The van der Waals surface area contributed by atoms with Gasteiger partial charge in [0.25, 0.3) is 0 Å². The van der Waals surface area contributed by atoms with Gasteiger partial charge in [-0.2, -0.15) is 0 Å². The minimum atomic E-state index is -0.523. The topological polar surface area (TPSA) is 80.8 Å². The quantitative estimate of drug-likeness (QED) is 0.782. The van der Waals surface area contributed by atoms with Gasteiger partial charge in [0.15, 0.2) is 0 Å². The number of nitrogens with zero attached hydrogens (tertiary/aromatic N) is 2. The Labute approximate surface area is 165 Å². The van der Waals surface area contributed by atoms with Crippen molar-refractivity contribution in [3.05, 3.63) is 17.8 Å². The number of pyridine rings is 1. The molecule has 1 aromatic rings. The van der Waals surface area contributed by atoms with Crippen LogP contribution in [0, 0.1) is 5.92 Å². The number of hydrogen-bond acceptors (Lipinski definition) is 6. The summed E-state index contributed by atoms with van der Waals surface area (Å²) in [4.78, 5) is 31.7. The fourth-order valence-electron chi connectivity index (χ4n) is 5.11. The molecule has 1 aromatic heterocycles. The largest absolute Gasteiger partial charge is 0.481 e. The van der Waals surface area contributed by atoms with Crippen molar-refractivity contribution >= 4 is 17.6 Å². The first-order valence-electron chi connectivity index (χ1n) is 10.3. The minimum absolute atomic E-state index is 0.0725. The highest BCUT2D eigenvalue weighted by molar-refractivity contribution is 6.05. The molecule has 3 heterocycles. The zero-order chi connectivity index (χ0) is 19.7. The zero-order valence-corrected chi connectivity index (χ0v) is 16.7. The van der Waals surface area contributed by atoms with Gasteiger partial charge in [-0.3, -0.25) is 9.59 Å². The van der Waals surface area contributed by atoms with E-state index >= 15 is 0 Å². The zero-order valence-electron chi connectivity index (χ0n) is 16.7. The van der Waals surface area contributed by atoms with Gasteiger partial charge in [-0.05, 0) is 57.6 Å². The Morgan fingerprint density at radius 2 is 2.11 bits per heavy atom. The van der Waals surface area contributed by atoms with Crippen molar-refractivity contribution in [2.45, 2.75) is 56.9 Å². The van der Waals surface area contributed by atoms with E-state index in [4.69, 9.17) is 9.47 Å². The highest BCUT2D eigenvalue weighted by Gasteiger charge is 2.51. The predicted octanol–water partition coefficient (Wildman–Crippen LogP) is 2.50. The van der Waals surface area contributed by atoms with E-state index in [2.05, 4.69) is 15.2 Å². The SMILES string of the molecule is CCOC(=O)C[C@H]1CCN(C2CCC3(CC2)C(=O)Nc2ccc(OC)nc23)C1. The third-order valence-electron chi connectivity index (χ3n) is 6.62. The molecule has 4 rings (SSSR count). The summed E-state index contributed by atoms with van der Waals surface area (Å²) < 4.78 is 10.4. The Balaban J connectivity index is 1.39. The first-order chi connectivity index (χ1) is 13.6. The number of nitrogens with one attached hydrogen (secondary N) is 1. The Hall–Kier alpha value is -2.15. The molecule has 1 atom stereocenters. The van der Waals surface area contributed by atoms with Crippen molar-refractivity contribution in [2.24, 2.45) is 5.92 Å². The second kappa shape index (κ2) is 7.70. The normalized spacial score (nSPS) is 29.6. The molecule has 0 unspecified atom stereocenters. The summed E-state index contributed by atoms with van der Waals surface area (Å²) >= 11 is 0. The Bertz CT molecular complexity index is 758. The molecule has 1 N–H and O–H groups in total. The van der Waals surface area contributed by atoms with Gasteiger partial charge in [0.05, 0.1) is 30.5 Å². The number of likely N-dealkylation sites (tertiary alicyclic amines) is 1. The van der Waals surface area contributed by atoms with Crippen LogP contribution in [0.5, 0.6) is 5.88 Å². The Kier molecular flexibility index (Phi) is 5.27. The predicted molar refractivity (Wildman–Crippen MR) is 104 cm³/mol. The lowest BCUT2D eigenvalue weighted by Crippen LogP contribution is -2.45. The lowest BCUT2D eigenvalue weighted by molar-refractivity contribution is -0.144. The summed E-state index contributed by atoms with van der Waals surface area (Å²) in [6.07, 6.45) is 5.10. The molecule has 0 aromatic carbocycles. The van der Waals surface area contributed by atoms with Crippen LogP contribution in [0.25, 0.3) is 0 Å². The van der Waals surface area contributed by atoms with E-state index in [0.29, 0.717) is 30.9 Å². The molecule has 0 bridgehead atoms. The molecular formula is C21H29N3O4. The van der Waals surface area contributed by atoms with Gasteiger partial charge in [-0.25, -0.2) is 4.98 Å². The number of carbonyl (C=O) groups is 2. The van der Waals surface area contributed by atoms with Crippen LogP contribution >= 0.6 is 0 Å². The Morgan fingerprint density at radius 1 is 1.32 bits per heavy atom. The lowest BCUT2D eigenvalue weighted by Gasteiger charge is -2.39. The smallest absolute Gasteiger partial charge is 0.306 e. The lowest BCUT2D eigenvalue weighted by atomic mass is 9.70. The summed E-state index contributed by atoms with van der Waals surface area (Å²) in [7, 11) is 1.60. The molecule has 0 radical (unpaired) electrons. The highest BCUT2D eigenvalue weighted by atomic mass is 16.5. The summed E-state index contributed by atoms with van der Waals surface area (Å²) in [5.74, 6) is 0.925. The number of hydrogen-bond donors (Lipinski definition) is 1. The average Bonchev–Trinajstić information content (AvgIpc) is 3.26. The number of esters is 1. The van der Waals surface area contributed by atoms with Crippen LogP contribution in [0.1, 0.15) is 51.1 Å². The maximum Gasteiger partial charge on any atom is 0.306 e. The molecule has 1 aliphatic carbocycles. The van der Waals surface area contributed by atoms with Crippen LogP contribution in [0.2, 0.25) is 0 Å². The second-order valence-electron chi connectivity index (χ2n) is 8.18. The van der Waals surface area contributed by atoms with Crippen molar-refractivity contribution < 1.29 is 19.1 Å². The number of ether oxygens (including phenoxy) is 2. The number of fused-ring (bicyclic) bond motifs is 2. The molecule has 28 heavy (non-hydrogen) atoms. The Morgan fingerprint density at radius 3 is 2.82 bits per heavy atom. The van der Waals surface area contributed by atoms with Crippen molar-refractivity contribution in [1.82, 2.24) is 9.88 Å². The van der Waals surface area contributed by atoms with Gasteiger partial charge in [-0.1, -0.05) is 0 Å². The van der Waals surface area contributed by atoms with Crippen LogP contribution < -0.4 is 10.1 Å². The maximum absolute atomic E-state index is 12.8. The number of amides is 1. The van der Waals surface area contributed by atoms with Gasteiger partial charge >= 0.3 is 5.97 Å². The third-order valence-corrected chi connectivity index (χ3v) is 6.62. The molecular weight excluding hydrogens is 358 g/mol. The number of carbonyl (C=O) groups excluding carboxylic acids is 2. The standard InChI is InChI=1S/C21H29N3O4/c1-3-28-18(25)12-14-8-11-24(13-14)15-6-9-21(10-7-15)19-16(22-20(21)26)4-5-17(23-19)27-2/h4-5,14-15H,3,6-13H2,1-2H3,(H,22,26)/t14-,15?,21?/m1/s1. The van der Waals surface area contributed by atoms with E-state index in [0.717, 1.165) is 56.6 Å². The molecule has 1 amide bonds. The molecule has 152 valence electrons. The second-order valence-corrected chi connectivity index (χ2v) is 8.18.